The predicted molar refractivity (Wildman–Crippen MR) is 75.3 cm³/mol. The molecule has 0 spiro atoms. The summed E-state index contributed by atoms with van der Waals surface area (Å²) in [6.45, 7) is 4.13. The van der Waals surface area contributed by atoms with E-state index in [9.17, 15) is 13.2 Å². The van der Waals surface area contributed by atoms with Crippen LogP contribution in [0.15, 0.2) is 23.1 Å². The van der Waals surface area contributed by atoms with Crippen LogP contribution in [0.1, 0.15) is 24.2 Å². The highest BCUT2D eigenvalue weighted by Crippen LogP contribution is 2.17. The average Bonchev–Trinajstić information content (AvgIpc) is 2.32. The van der Waals surface area contributed by atoms with Crippen LogP contribution in [0.3, 0.4) is 0 Å². The van der Waals surface area contributed by atoms with E-state index in [2.05, 4.69) is 0 Å². The highest BCUT2D eigenvalue weighted by atomic mass is 32.2. The van der Waals surface area contributed by atoms with Gasteiger partial charge in [-0.2, -0.15) is 0 Å². The van der Waals surface area contributed by atoms with Gasteiger partial charge in [-0.05, 0) is 32.0 Å². The van der Waals surface area contributed by atoms with Gasteiger partial charge in [0.05, 0.1) is 23.2 Å². The Labute approximate surface area is 118 Å². The van der Waals surface area contributed by atoms with Gasteiger partial charge in [0.2, 0.25) is 0 Å². The highest BCUT2D eigenvalue weighted by Gasteiger charge is 2.14. The molecular formula is C13H19NO5S. The van der Waals surface area contributed by atoms with Gasteiger partial charge in [0.25, 0.3) is 0 Å². The van der Waals surface area contributed by atoms with Crippen molar-refractivity contribution in [2.24, 2.45) is 0 Å². The van der Waals surface area contributed by atoms with Gasteiger partial charge >= 0.3 is 5.97 Å². The van der Waals surface area contributed by atoms with E-state index in [1.165, 1.54) is 18.2 Å². The monoisotopic (exact) mass is 301 g/mol. The Bertz CT molecular complexity index is 580. The molecule has 6 nitrogen and oxygen atoms in total. The number of nitrogen functional groups attached to an aromatic ring is 1. The van der Waals surface area contributed by atoms with Crippen molar-refractivity contribution in [2.45, 2.75) is 24.8 Å². The lowest BCUT2D eigenvalue weighted by atomic mass is 10.2. The van der Waals surface area contributed by atoms with Gasteiger partial charge in [-0.3, -0.25) is 0 Å². The minimum absolute atomic E-state index is 0.0112. The van der Waals surface area contributed by atoms with Crippen molar-refractivity contribution in [3.63, 3.8) is 0 Å². The SMILES string of the molecule is CC(C)OCCOC(=O)c1cc(N)cc(S(C)(=O)=O)c1. The summed E-state index contributed by atoms with van der Waals surface area (Å²) in [5, 5.41) is 0. The maximum atomic E-state index is 11.8. The molecule has 0 heterocycles. The quantitative estimate of drug-likeness (QED) is 0.483. The number of anilines is 1. The van der Waals surface area contributed by atoms with Gasteiger partial charge in [0.15, 0.2) is 9.84 Å². The molecule has 0 amide bonds. The van der Waals surface area contributed by atoms with E-state index in [1.54, 1.807) is 0 Å². The van der Waals surface area contributed by atoms with Gasteiger partial charge in [-0.1, -0.05) is 0 Å². The third-order valence-electron chi connectivity index (χ3n) is 2.36. The Hall–Kier alpha value is -1.60. The van der Waals surface area contributed by atoms with Crippen LogP contribution in [-0.4, -0.2) is 40.0 Å². The molecule has 0 saturated heterocycles. The molecule has 1 rings (SSSR count). The summed E-state index contributed by atoms with van der Waals surface area (Å²) < 4.78 is 33.2. The standard InChI is InChI=1S/C13H19NO5S/c1-9(2)18-4-5-19-13(15)10-6-11(14)8-12(7-10)20(3,16)17/h6-9H,4-5,14H2,1-3H3. The Kier molecular flexibility index (Phi) is 5.52. The first kappa shape index (κ1) is 16.5. The normalized spacial score (nSPS) is 11.6. The molecule has 0 radical (unpaired) electrons. The summed E-state index contributed by atoms with van der Waals surface area (Å²) >= 11 is 0. The van der Waals surface area contributed by atoms with Crippen LogP contribution in [0.2, 0.25) is 0 Å². The fourth-order valence-corrected chi connectivity index (χ4v) is 2.15. The van der Waals surface area contributed by atoms with Crippen molar-refractivity contribution in [1.29, 1.82) is 0 Å². The molecule has 0 bridgehead atoms. The van der Waals surface area contributed by atoms with Gasteiger partial charge in [0, 0.05) is 11.9 Å². The smallest absolute Gasteiger partial charge is 0.338 e. The van der Waals surface area contributed by atoms with Crippen LogP contribution in [0.25, 0.3) is 0 Å². The first-order valence-corrected chi connectivity index (χ1v) is 7.98. The fraction of sp³-hybridized carbons (Fsp3) is 0.462. The number of nitrogens with two attached hydrogens (primary N) is 1. The van der Waals surface area contributed by atoms with Crippen molar-refractivity contribution >= 4 is 21.5 Å². The molecule has 0 fully saturated rings. The number of hydrogen-bond acceptors (Lipinski definition) is 6. The number of ether oxygens (including phenoxy) is 2. The second-order valence-corrected chi connectivity index (χ2v) is 6.63. The zero-order valence-corrected chi connectivity index (χ0v) is 12.6. The number of rotatable bonds is 6. The lowest BCUT2D eigenvalue weighted by Crippen LogP contribution is -2.14. The highest BCUT2D eigenvalue weighted by molar-refractivity contribution is 7.90. The molecule has 0 unspecified atom stereocenters. The minimum atomic E-state index is -3.43. The van der Waals surface area contributed by atoms with Crippen LogP contribution in [-0.2, 0) is 19.3 Å². The number of sulfone groups is 1. The van der Waals surface area contributed by atoms with Crippen LogP contribution in [0.5, 0.6) is 0 Å². The minimum Gasteiger partial charge on any atom is -0.460 e. The topological polar surface area (TPSA) is 95.7 Å². The van der Waals surface area contributed by atoms with Crippen molar-refractivity contribution in [3.8, 4) is 0 Å². The van der Waals surface area contributed by atoms with Crippen LogP contribution in [0.4, 0.5) is 5.69 Å². The van der Waals surface area contributed by atoms with Crippen LogP contribution >= 0.6 is 0 Å². The molecule has 0 aliphatic carbocycles. The Morgan fingerprint density at radius 1 is 1.25 bits per heavy atom. The summed E-state index contributed by atoms with van der Waals surface area (Å²) in [5.74, 6) is -0.630. The zero-order valence-electron chi connectivity index (χ0n) is 11.8. The average molecular weight is 301 g/mol. The lowest BCUT2D eigenvalue weighted by molar-refractivity contribution is 0.0177. The first-order valence-electron chi connectivity index (χ1n) is 6.09. The molecule has 0 aromatic heterocycles. The second-order valence-electron chi connectivity index (χ2n) is 4.62. The molecule has 0 atom stereocenters. The predicted octanol–water partition coefficient (Wildman–Crippen LogP) is 1.25. The van der Waals surface area contributed by atoms with Crippen LogP contribution in [0, 0.1) is 0 Å². The number of carbonyl (C=O) groups excluding carboxylic acids is 1. The molecular weight excluding hydrogens is 282 g/mol. The number of carbonyl (C=O) groups is 1. The van der Waals surface area contributed by atoms with E-state index in [0.717, 1.165) is 6.26 Å². The van der Waals surface area contributed by atoms with Crippen molar-refractivity contribution in [3.05, 3.63) is 23.8 Å². The zero-order chi connectivity index (χ0) is 15.3. The number of esters is 1. The lowest BCUT2D eigenvalue weighted by Gasteiger charge is -2.09. The molecule has 1 aromatic rings. The van der Waals surface area contributed by atoms with Crippen LogP contribution < -0.4 is 5.73 Å². The van der Waals surface area contributed by atoms with Gasteiger partial charge in [-0.15, -0.1) is 0 Å². The first-order chi connectivity index (χ1) is 9.20. The van der Waals surface area contributed by atoms with Crippen molar-refractivity contribution < 1.29 is 22.7 Å². The van der Waals surface area contributed by atoms with E-state index < -0.39 is 15.8 Å². The molecule has 2 N–H and O–H groups in total. The second kappa shape index (κ2) is 6.71. The van der Waals surface area contributed by atoms with E-state index in [4.69, 9.17) is 15.2 Å². The maximum absolute atomic E-state index is 11.8. The summed E-state index contributed by atoms with van der Waals surface area (Å²) in [5.41, 5.74) is 5.89. The summed E-state index contributed by atoms with van der Waals surface area (Å²) in [4.78, 5) is 11.8. The largest absolute Gasteiger partial charge is 0.460 e. The number of hydrogen-bond donors (Lipinski definition) is 1. The van der Waals surface area contributed by atoms with Gasteiger partial charge in [-0.25, -0.2) is 13.2 Å². The number of benzene rings is 1. The van der Waals surface area contributed by atoms with Crippen molar-refractivity contribution in [2.75, 3.05) is 25.2 Å². The third-order valence-corrected chi connectivity index (χ3v) is 3.45. The molecule has 112 valence electrons. The van der Waals surface area contributed by atoms with Gasteiger partial charge in [0.1, 0.15) is 6.61 Å². The Morgan fingerprint density at radius 2 is 1.90 bits per heavy atom. The molecule has 0 aliphatic rings. The third kappa shape index (κ3) is 5.18. The molecule has 7 heteroatoms. The van der Waals surface area contributed by atoms with Gasteiger partial charge < -0.3 is 15.2 Å². The fourth-order valence-electron chi connectivity index (χ4n) is 1.46. The summed E-state index contributed by atoms with van der Waals surface area (Å²) in [6.07, 6.45) is 1.10. The maximum Gasteiger partial charge on any atom is 0.338 e. The van der Waals surface area contributed by atoms with E-state index in [0.29, 0.717) is 0 Å². The Morgan fingerprint density at radius 3 is 2.45 bits per heavy atom. The summed E-state index contributed by atoms with van der Waals surface area (Å²) in [6, 6.07) is 3.92. The molecule has 20 heavy (non-hydrogen) atoms. The Balaban J connectivity index is 2.76. The van der Waals surface area contributed by atoms with E-state index >= 15 is 0 Å². The molecule has 0 aliphatic heterocycles. The molecule has 0 saturated carbocycles. The molecule has 1 aromatic carbocycles. The van der Waals surface area contributed by atoms with E-state index in [1.807, 2.05) is 13.8 Å². The van der Waals surface area contributed by atoms with Crippen molar-refractivity contribution in [1.82, 2.24) is 0 Å². The van der Waals surface area contributed by atoms with E-state index in [-0.39, 0.29) is 35.5 Å². The summed E-state index contributed by atoms with van der Waals surface area (Å²) in [7, 11) is -3.43.